The summed E-state index contributed by atoms with van der Waals surface area (Å²) in [5.41, 5.74) is 4.70. The Morgan fingerprint density at radius 2 is 1.22 bits per heavy atom. The molecule has 0 unspecified atom stereocenters. The van der Waals surface area contributed by atoms with Crippen LogP contribution in [-0.4, -0.2) is 0 Å². The lowest BCUT2D eigenvalue weighted by atomic mass is 9.89. The maximum atomic E-state index is 6.54. The molecule has 0 saturated heterocycles. The highest BCUT2D eigenvalue weighted by Gasteiger charge is 2.23. The third-order valence-electron chi connectivity index (χ3n) is 5.45. The molecule has 1 heteroatoms. The van der Waals surface area contributed by atoms with E-state index in [0.717, 1.165) is 22.6 Å². The zero-order valence-corrected chi connectivity index (χ0v) is 14.6. The van der Waals surface area contributed by atoms with Crippen LogP contribution >= 0.6 is 0 Å². The number of fused-ring (bicyclic) bond motifs is 4. The van der Waals surface area contributed by atoms with Crippen molar-refractivity contribution in [1.29, 1.82) is 0 Å². The Morgan fingerprint density at radius 3 is 2.15 bits per heavy atom. The normalized spacial score (nSPS) is 12.0. The second-order valence-corrected chi connectivity index (χ2v) is 6.97. The average molecular weight is 344 g/mol. The molecule has 27 heavy (non-hydrogen) atoms. The number of ether oxygens (including phenoxy) is 1. The van der Waals surface area contributed by atoms with Gasteiger partial charge in [0.15, 0.2) is 0 Å². The van der Waals surface area contributed by atoms with Gasteiger partial charge in [0.05, 0.1) is 0 Å². The van der Waals surface area contributed by atoms with Crippen LogP contribution in [0.2, 0.25) is 0 Å². The molecule has 0 atom stereocenters. The maximum absolute atomic E-state index is 6.54. The van der Waals surface area contributed by atoms with Gasteiger partial charge in [-0.15, -0.1) is 0 Å². The van der Waals surface area contributed by atoms with E-state index in [4.69, 9.17) is 4.74 Å². The van der Waals surface area contributed by atoms with Gasteiger partial charge in [0, 0.05) is 16.5 Å². The van der Waals surface area contributed by atoms with Crippen molar-refractivity contribution < 1.29 is 4.74 Å². The fourth-order valence-electron chi connectivity index (χ4n) is 4.24. The number of rotatable bonds is 1. The molecule has 0 fully saturated rings. The average Bonchev–Trinajstić information content (AvgIpc) is 2.74. The largest absolute Gasteiger partial charge is 0.455 e. The number of hydrogen-bond acceptors (Lipinski definition) is 1. The highest BCUT2D eigenvalue weighted by Crippen LogP contribution is 2.51. The summed E-state index contributed by atoms with van der Waals surface area (Å²) in [6.07, 6.45) is 0. The zero-order chi connectivity index (χ0) is 17.8. The van der Waals surface area contributed by atoms with Crippen LogP contribution in [0.15, 0.2) is 97.1 Å². The molecule has 0 aromatic heterocycles. The molecular weight excluding hydrogens is 328 g/mol. The fraction of sp³-hybridized carbons (Fsp3) is 0. The third kappa shape index (κ3) is 2.06. The van der Waals surface area contributed by atoms with Crippen LogP contribution in [0.25, 0.3) is 43.8 Å². The zero-order valence-electron chi connectivity index (χ0n) is 14.6. The monoisotopic (exact) mass is 344 g/mol. The molecule has 1 nitrogen and oxygen atoms in total. The van der Waals surface area contributed by atoms with Gasteiger partial charge in [-0.25, -0.2) is 0 Å². The quantitative estimate of drug-likeness (QED) is 0.282. The van der Waals surface area contributed by atoms with E-state index in [1.54, 1.807) is 0 Å². The number of para-hydroxylation sites is 1. The molecule has 5 aromatic rings. The van der Waals surface area contributed by atoms with Gasteiger partial charge in [-0.05, 0) is 33.4 Å². The van der Waals surface area contributed by atoms with Crippen LogP contribution in [-0.2, 0) is 0 Å². The van der Waals surface area contributed by atoms with E-state index in [0.29, 0.717) is 0 Å². The van der Waals surface area contributed by atoms with Crippen molar-refractivity contribution in [2.24, 2.45) is 0 Å². The Bertz CT molecular complexity index is 1330. The van der Waals surface area contributed by atoms with Crippen molar-refractivity contribution >= 4 is 21.5 Å². The molecular formula is C26H16O. The van der Waals surface area contributed by atoms with Crippen LogP contribution < -0.4 is 4.74 Å². The van der Waals surface area contributed by atoms with E-state index in [9.17, 15) is 0 Å². The van der Waals surface area contributed by atoms with E-state index in [1.807, 2.05) is 6.07 Å². The predicted octanol–water partition coefficient (Wildman–Crippen LogP) is 7.43. The first-order valence-electron chi connectivity index (χ1n) is 9.21. The lowest BCUT2D eigenvalue weighted by molar-refractivity contribution is 0.489. The summed E-state index contributed by atoms with van der Waals surface area (Å²) in [7, 11) is 0. The van der Waals surface area contributed by atoms with Gasteiger partial charge in [-0.3, -0.25) is 0 Å². The molecule has 0 bridgehead atoms. The van der Waals surface area contributed by atoms with Crippen molar-refractivity contribution in [2.75, 3.05) is 0 Å². The standard InChI is InChI=1S/C26H16O/c1-2-8-17(9-3-1)20-12-6-15-23-22-14-7-13-21-19-11-5-4-10-18(19)16-24(25(21)22)27-26(20)23/h1-16H. The summed E-state index contributed by atoms with van der Waals surface area (Å²) >= 11 is 0. The summed E-state index contributed by atoms with van der Waals surface area (Å²) in [5, 5.41) is 4.92. The molecule has 1 aliphatic rings. The third-order valence-corrected chi connectivity index (χ3v) is 5.45. The molecule has 0 N–H and O–H groups in total. The first kappa shape index (κ1) is 14.6. The van der Waals surface area contributed by atoms with E-state index < -0.39 is 0 Å². The maximum Gasteiger partial charge on any atom is 0.143 e. The molecule has 126 valence electrons. The summed E-state index contributed by atoms with van der Waals surface area (Å²) in [6.45, 7) is 0. The Balaban J connectivity index is 1.73. The van der Waals surface area contributed by atoms with Crippen LogP contribution in [0.3, 0.4) is 0 Å². The van der Waals surface area contributed by atoms with Crippen molar-refractivity contribution in [3.05, 3.63) is 97.1 Å². The van der Waals surface area contributed by atoms with Gasteiger partial charge in [0.25, 0.3) is 0 Å². The Kier molecular flexibility index (Phi) is 2.95. The minimum atomic E-state index is 0.940. The van der Waals surface area contributed by atoms with Gasteiger partial charge in [0.2, 0.25) is 0 Å². The highest BCUT2D eigenvalue weighted by atomic mass is 16.5. The molecule has 1 heterocycles. The lowest BCUT2D eigenvalue weighted by Gasteiger charge is -2.24. The summed E-state index contributed by atoms with van der Waals surface area (Å²) < 4.78 is 6.54. The second kappa shape index (κ2) is 5.46. The molecule has 1 aliphatic heterocycles. The highest BCUT2D eigenvalue weighted by molar-refractivity contribution is 6.16. The van der Waals surface area contributed by atoms with Crippen molar-refractivity contribution in [3.8, 4) is 33.8 Å². The van der Waals surface area contributed by atoms with Gasteiger partial charge in [-0.2, -0.15) is 0 Å². The summed E-state index contributed by atoms with van der Waals surface area (Å²) in [6, 6.07) is 34.1. The van der Waals surface area contributed by atoms with E-state index in [-0.39, 0.29) is 0 Å². The van der Waals surface area contributed by atoms with Crippen LogP contribution in [0.5, 0.6) is 11.5 Å². The molecule has 0 saturated carbocycles. The van der Waals surface area contributed by atoms with Crippen molar-refractivity contribution in [3.63, 3.8) is 0 Å². The Morgan fingerprint density at radius 1 is 0.519 bits per heavy atom. The van der Waals surface area contributed by atoms with E-state index in [1.165, 1.54) is 32.7 Å². The Hall–Kier alpha value is -3.58. The number of hydrogen-bond donors (Lipinski definition) is 0. The van der Waals surface area contributed by atoms with Crippen LogP contribution in [0, 0.1) is 0 Å². The fourth-order valence-corrected chi connectivity index (χ4v) is 4.24. The second-order valence-electron chi connectivity index (χ2n) is 6.97. The van der Waals surface area contributed by atoms with Gasteiger partial charge >= 0.3 is 0 Å². The first-order valence-corrected chi connectivity index (χ1v) is 9.21. The minimum Gasteiger partial charge on any atom is -0.455 e. The minimum absolute atomic E-state index is 0.940. The van der Waals surface area contributed by atoms with Gasteiger partial charge in [-0.1, -0.05) is 91.0 Å². The Labute approximate surface area is 157 Å². The smallest absolute Gasteiger partial charge is 0.143 e. The molecule has 0 amide bonds. The number of benzene rings is 5. The molecule has 6 rings (SSSR count). The molecule has 0 spiro atoms. The van der Waals surface area contributed by atoms with Crippen LogP contribution in [0.4, 0.5) is 0 Å². The first-order chi connectivity index (χ1) is 13.4. The van der Waals surface area contributed by atoms with Crippen LogP contribution in [0.1, 0.15) is 0 Å². The molecule has 5 aromatic carbocycles. The van der Waals surface area contributed by atoms with Crippen molar-refractivity contribution in [2.45, 2.75) is 0 Å². The summed E-state index contributed by atoms with van der Waals surface area (Å²) in [4.78, 5) is 0. The van der Waals surface area contributed by atoms with Gasteiger partial charge < -0.3 is 4.74 Å². The predicted molar refractivity (Wildman–Crippen MR) is 112 cm³/mol. The summed E-state index contributed by atoms with van der Waals surface area (Å²) in [5.74, 6) is 1.88. The van der Waals surface area contributed by atoms with E-state index in [2.05, 4.69) is 91.0 Å². The SMILES string of the molecule is c1ccc(-c2cccc3c2Oc2cc4ccccc4c4cccc-3c24)cc1. The van der Waals surface area contributed by atoms with Gasteiger partial charge in [0.1, 0.15) is 11.5 Å². The molecule has 0 aliphatic carbocycles. The van der Waals surface area contributed by atoms with Crippen molar-refractivity contribution in [1.82, 2.24) is 0 Å². The topological polar surface area (TPSA) is 9.23 Å². The molecule has 0 radical (unpaired) electrons. The van der Waals surface area contributed by atoms with E-state index >= 15 is 0 Å². The lowest BCUT2D eigenvalue weighted by Crippen LogP contribution is -1.99.